The molecule has 0 unspecified atom stereocenters. The molecule has 1 aromatic carbocycles. The standard InChI is InChI=1S/C15H20O3/c1-15(2,3)18-14(17)13(16)11-7-10-12-8-5-4-6-9-12/h4-6,8-9H,7,10-11H2,1-3H3. The number of rotatable bonds is 5. The third-order valence-corrected chi connectivity index (χ3v) is 2.34. The molecule has 0 saturated heterocycles. The van der Waals surface area contributed by atoms with Gasteiger partial charge >= 0.3 is 5.97 Å². The van der Waals surface area contributed by atoms with E-state index in [1.165, 1.54) is 5.56 Å². The van der Waals surface area contributed by atoms with E-state index in [1.54, 1.807) is 20.8 Å². The van der Waals surface area contributed by atoms with Crippen LogP contribution in [0.1, 0.15) is 39.2 Å². The Morgan fingerprint density at radius 2 is 1.72 bits per heavy atom. The molecular weight excluding hydrogens is 228 g/mol. The second kappa shape index (κ2) is 6.34. The van der Waals surface area contributed by atoms with Crippen LogP contribution in [-0.2, 0) is 20.7 Å². The van der Waals surface area contributed by atoms with Gasteiger partial charge in [-0.2, -0.15) is 0 Å². The van der Waals surface area contributed by atoms with E-state index in [2.05, 4.69) is 0 Å². The van der Waals surface area contributed by atoms with Crippen molar-refractivity contribution >= 4 is 11.8 Å². The van der Waals surface area contributed by atoms with Gasteiger partial charge in [-0.05, 0) is 39.2 Å². The summed E-state index contributed by atoms with van der Waals surface area (Å²) in [7, 11) is 0. The van der Waals surface area contributed by atoms with Crippen molar-refractivity contribution in [2.45, 2.75) is 45.6 Å². The van der Waals surface area contributed by atoms with Crippen LogP contribution >= 0.6 is 0 Å². The molecule has 0 aliphatic carbocycles. The maximum Gasteiger partial charge on any atom is 0.375 e. The molecule has 0 aliphatic rings. The summed E-state index contributed by atoms with van der Waals surface area (Å²) in [5.74, 6) is -1.17. The van der Waals surface area contributed by atoms with Gasteiger partial charge in [0.05, 0.1) is 0 Å². The fourth-order valence-corrected chi connectivity index (χ4v) is 1.53. The zero-order valence-corrected chi connectivity index (χ0v) is 11.2. The zero-order valence-electron chi connectivity index (χ0n) is 11.2. The van der Waals surface area contributed by atoms with E-state index in [1.807, 2.05) is 30.3 Å². The number of hydrogen-bond donors (Lipinski definition) is 0. The number of ketones is 1. The number of esters is 1. The van der Waals surface area contributed by atoms with Gasteiger partial charge in [0.2, 0.25) is 5.78 Å². The highest BCUT2D eigenvalue weighted by Crippen LogP contribution is 2.09. The first kappa shape index (κ1) is 14.4. The summed E-state index contributed by atoms with van der Waals surface area (Å²) in [6.07, 6.45) is 1.71. The van der Waals surface area contributed by atoms with Crippen molar-refractivity contribution in [3.63, 3.8) is 0 Å². The number of carbonyl (C=O) groups excluding carboxylic acids is 2. The molecule has 18 heavy (non-hydrogen) atoms. The van der Waals surface area contributed by atoms with E-state index in [0.29, 0.717) is 6.42 Å². The van der Waals surface area contributed by atoms with Crippen LogP contribution in [0, 0.1) is 0 Å². The van der Waals surface area contributed by atoms with Crippen LogP contribution in [0.2, 0.25) is 0 Å². The van der Waals surface area contributed by atoms with Crippen molar-refractivity contribution in [2.75, 3.05) is 0 Å². The minimum atomic E-state index is -0.726. The van der Waals surface area contributed by atoms with E-state index in [-0.39, 0.29) is 6.42 Å². The summed E-state index contributed by atoms with van der Waals surface area (Å²) in [5, 5.41) is 0. The van der Waals surface area contributed by atoms with Crippen molar-refractivity contribution in [1.29, 1.82) is 0 Å². The first-order valence-corrected chi connectivity index (χ1v) is 6.18. The second-order valence-electron chi connectivity index (χ2n) is 5.26. The molecule has 0 amide bonds. The molecule has 0 spiro atoms. The van der Waals surface area contributed by atoms with Gasteiger partial charge in [0.1, 0.15) is 5.60 Å². The van der Waals surface area contributed by atoms with Crippen LogP contribution in [0.15, 0.2) is 30.3 Å². The lowest BCUT2D eigenvalue weighted by atomic mass is 10.1. The van der Waals surface area contributed by atoms with Gasteiger partial charge in [0, 0.05) is 6.42 Å². The third-order valence-electron chi connectivity index (χ3n) is 2.34. The monoisotopic (exact) mass is 248 g/mol. The molecule has 0 radical (unpaired) electrons. The maximum atomic E-state index is 11.5. The maximum absolute atomic E-state index is 11.5. The van der Waals surface area contributed by atoms with Crippen LogP contribution in [-0.4, -0.2) is 17.4 Å². The van der Waals surface area contributed by atoms with E-state index in [9.17, 15) is 9.59 Å². The van der Waals surface area contributed by atoms with E-state index in [0.717, 1.165) is 6.42 Å². The number of ether oxygens (including phenoxy) is 1. The van der Waals surface area contributed by atoms with Gasteiger partial charge in [-0.1, -0.05) is 30.3 Å². The van der Waals surface area contributed by atoms with E-state index in [4.69, 9.17) is 4.74 Å². The van der Waals surface area contributed by atoms with Crippen LogP contribution in [0.4, 0.5) is 0 Å². The molecule has 0 heterocycles. The van der Waals surface area contributed by atoms with Crippen LogP contribution < -0.4 is 0 Å². The molecule has 0 atom stereocenters. The van der Waals surface area contributed by atoms with E-state index < -0.39 is 17.4 Å². The highest BCUT2D eigenvalue weighted by molar-refractivity contribution is 6.33. The van der Waals surface area contributed by atoms with Gasteiger partial charge in [-0.25, -0.2) is 4.79 Å². The number of hydrogen-bond acceptors (Lipinski definition) is 3. The molecule has 1 rings (SSSR count). The van der Waals surface area contributed by atoms with Crippen LogP contribution in [0.5, 0.6) is 0 Å². The topological polar surface area (TPSA) is 43.4 Å². The summed E-state index contributed by atoms with van der Waals surface area (Å²) < 4.78 is 5.01. The Bertz CT molecular complexity index is 401. The molecule has 98 valence electrons. The molecule has 0 aromatic heterocycles. The lowest BCUT2D eigenvalue weighted by Gasteiger charge is -2.18. The zero-order chi connectivity index (χ0) is 13.6. The van der Waals surface area contributed by atoms with Gasteiger partial charge in [-0.15, -0.1) is 0 Å². The highest BCUT2D eigenvalue weighted by Gasteiger charge is 2.21. The molecule has 3 heteroatoms. The Kier molecular flexibility index (Phi) is 5.08. The average molecular weight is 248 g/mol. The summed E-state index contributed by atoms with van der Waals surface area (Å²) in [6, 6.07) is 9.90. The molecule has 0 saturated carbocycles. The first-order valence-electron chi connectivity index (χ1n) is 6.18. The molecule has 0 fully saturated rings. The van der Waals surface area contributed by atoms with Crippen molar-refractivity contribution in [3.05, 3.63) is 35.9 Å². The van der Waals surface area contributed by atoms with Crippen molar-refractivity contribution < 1.29 is 14.3 Å². The van der Waals surface area contributed by atoms with Crippen LogP contribution in [0.3, 0.4) is 0 Å². The van der Waals surface area contributed by atoms with Crippen molar-refractivity contribution in [2.24, 2.45) is 0 Å². The van der Waals surface area contributed by atoms with Gasteiger partial charge < -0.3 is 4.74 Å². The summed E-state index contributed by atoms with van der Waals surface area (Å²) >= 11 is 0. The Hall–Kier alpha value is -1.64. The lowest BCUT2D eigenvalue weighted by molar-refractivity contribution is -0.162. The summed E-state index contributed by atoms with van der Waals surface area (Å²) in [4.78, 5) is 23.0. The lowest BCUT2D eigenvalue weighted by Crippen LogP contribution is -2.28. The summed E-state index contributed by atoms with van der Waals surface area (Å²) in [5.41, 5.74) is 0.570. The van der Waals surface area contributed by atoms with Crippen LogP contribution in [0.25, 0.3) is 0 Å². The predicted molar refractivity (Wildman–Crippen MR) is 70.2 cm³/mol. The molecule has 0 bridgehead atoms. The Morgan fingerprint density at radius 1 is 1.11 bits per heavy atom. The Morgan fingerprint density at radius 3 is 2.28 bits per heavy atom. The van der Waals surface area contributed by atoms with Gasteiger partial charge in [0.15, 0.2) is 0 Å². The number of benzene rings is 1. The smallest absolute Gasteiger partial charge is 0.375 e. The highest BCUT2D eigenvalue weighted by atomic mass is 16.6. The summed E-state index contributed by atoms with van der Waals surface area (Å²) in [6.45, 7) is 5.26. The fraction of sp³-hybridized carbons (Fsp3) is 0.467. The van der Waals surface area contributed by atoms with E-state index >= 15 is 0 Å². The third kappa shape index (κ3) is 5.62. The van der Waals surface area contributed by atoms with Crippen molar-refractivity contribution in [1.82, 2.24) is 0 Å². The predicted octanol–water partition coefficient (Wildman–Crippen LogP) is 2.92. The molecule has 1 aromatic rings. The fourth-order valence-electron chi connectivity index (χ4n) is 1.53. The molecule has 0 N–H and O–H groups in total. The quantitative estimate of drug-likeness (QED) is 0.594. The average Bonchev–Trinajstić information content (AvgIpc) is 2.28. The normalized spacial score (nSPS) is 11.1. The first-order chi connectivity index (χ1) is 8.38. The SMILES string of the molecule is CC(C)(C)OC(=O)C(=O)CCCc1ccccc1. The largest absolute Gasteiger partial charge is 0.454 e. The van der Waals surface area contributed by atoms with Crippen molar-refractivity contribution in [3.8, 4) is 0 Å². The Labute approximate surface area is 108 Å². The molecule has 3 nitrogen and oxygen atoms in total. The number of carbonyl (C=O) groups is 2. The molecule has 0 aliphatic heterocycles. The minimum absolute atomic E-state index is 0.240. The minimum Gasteiger partial charge on any atom is -0.454 e. The number of aryl methyl sites for hydroxylation is 1. The van der Waals surface area contributed by atoms with Gasteiger partial charge in [0.25, 0.3) is 0 Å². The number of Topliss-reactive ketones (excluding diaryl/α,β-unsaturated/α-hetero) is 1. The second-order valence-corrected chi connectivity index (χ2v) is 5.26. The Balaban J connectivity index is 2.31. The van der Waals surface area contributed by atoms with Gasteiger partial charge in [-0.3, -0.25) is 4.79 Å². The molecular formula is C15H20O3.